The lowest BCUT2D eigenvalue weighted by molar-refractivity contribution is -0.156. The quantitative estimate of drug-likeness (QED) is 0.398. The van der Waals surface area contributed by atoms with Crippen LogP contribution in [0.2, 0.25) is 0 Å². The van der Waals surface area contributed by atoms with E-state index >= 15 is 0 Å². The minimum absolute atomic E-state index is 0.0193. The molecule has 4 nitrogen and oxygen atoms in total. The zero-order valence-electron chi connectivity index (χ0n) is 20.3. The number of esters is 2. The Morgan fingerprint density at radius 3 is 2.36 bits per heavy atom. The van der Waals surface area contributed by atoms with Gasteiger partial charge >= 0.3 is 11.9 Å². The molecule has 178 valence electrons. The van der Waals surface area contributed by atoms with Crippen molar-refractivity contribution in [2.45, 2.75) is 84.3 Å². The van der Waals surface area contributed by atoms with E-state index in [1.165, 1.54) is 18.9 Å². The molecular formula is C29H38O4. The molecule has 4 heteroatoms. The molecule has 4 saturated carbocycles. The van der Waals surface area contributed by atoms with Crippen molar-refractivity contribution < 1.29 is 19.1 Å². The largest absolute Gasteiger partial charge is 0.463 e. The fourth-order valence-electron chi connectivity index (χ4n) is 8.35. The lowest BCUT2D eigenvalue weighted by atomic mass is 9.44. The number of fused-ring (bicyclic) bond motifs is 5. The van der Waals surface area contributed by atoms with E-state index in [1.807, 2.05) is 30.3 Å². The molecule has 0 aromatic heterocycles. The second-order valence-corrected chi connectivity index (χ2v) is 11.7. The van der Waals surface area contributed by atoms with Gasteiger partial charge in [-0.15, -0.1) is 0 Å². The number of rotatable bonds is 3. The van der Waals surface area contributed by atoms with E-state index in [2.05, 4.69) is 20.4 Å². The summed E-state index contributed by atoms with van der Waals surface area (Å²) < 4.78 is 11.8. The lowest BCUT2D eigenvalue weighted by Crippen LogP contribution is -2.55. The van der Waals surface area contributed by atoms with E-state index in [4.69, 9.17) is 9.47 Å². The van der Waals surface area contributed by atoms with Crippen LogP contribution < -0.4 is 0 Å². The standard InChI is InChI=1S/C29H38O4/c1-18-16-21-17-22(32-19(2)30)12-14-28(21,3)24-13-15-29(4)23(26(18)24)10-11-25(29)33-27(31)20-8-6-5-7-9-20/h5-9,21-26H,1,10-17H2,2-4H3/t21-,22-,23+,24+,25-,26+,28-,29-/m0/s1. The van der Waals surface area contributed by atoms with Gasteiger partial charge in [-0.3, -0.25) is 4.79 Å². The van der Waals surface area contributed by atoms with Crippen LogP contribution in [-0.4, -0.2) is 24.1 Å². The molecule has 0 spiro atoms. The van der Waals surface area contributed by atoms with Gasteiger partial charge in [0, 0.05) is 12.3 Å². The Bertz CT molecular complexity index is 938. The molecule has 0 aliphatic heterocycles. The Hall–Kier alpha value is -2.10. The minimum Gasteiger partial charge on any atom is -0.463 e. The molecule has 0 heterocycles. The number of hydrogen-bond donors (Lipinski definition) is 0. The molecule has 33 heavy (non-hydrogen) atoms. The maximum absolute atomic E-state index is 12.8. The fraction of sp³-hybridized carbons (Fsp3) is 0.655. The van der Waals surface area contributed by atoms with Gasteiger partial charge in [0.15, 0.2) is 0 Å². The third kappa shape index (κ3) is 3.74. The number of hydrogen-bond acceptors (Lipinski definition) is 4. The SMILES string of the molecule is C=C1C[C@H]2C[C@@H](OC(C)=O)CC[C@]2(C)[C@@H]2CC[C@]3(C)[C@@H](OC(=O)c4ccccc4)CC[C@@H]3[C@@H]12. The summed E-state index contributed by atoms with van der Waals surface area (Å²) in [7, 11) is 0. The molecule has 0 radical (unpaired) electrons. The molecule has 0 amide bonds. The Kier molecular flexibility index (Phi) is 5.69. The van der Waals surface area contributed by atoms with E-state index in [0.29, 0.717) is 29.2 Å². The summed E-state index contributed by atoms with van der Waals surface area (Å²) in [4.78, 5) is 24.4. The molecule has 0 unspecified atom stereocenters. The van der Waals surface area contributed by atoms with Gasteiger partial charge in [-0.05, 0) is 92.6 Å². The number of carbonyl (C=O) groups excluding carboxylic acids is 2. The van der Waals surface area contributed by atoms with E-state index in [-0.39, 0.29) is 35.0 Å². The molecular weight excluding hydrogens is 412 g/mol. The molecule has 8 atom stereocenters. The predicted molar refractivity (Wildman–Crippen MR) is 127 cm³/mol. The van der Waals surface area contributed by atoms with Crippen LogP contribution in [0, 0.1) is 34.5 Å². The smallest absolute Gasteiger partial charge is 0.338 e. The maximum Gasteiger partial charge on any atom is 0.338 e. The van der Waals surface area contributed by atoms with Crippen molar-refractivity contribution in [2.75, 3.05) is 0 Å². The van der Waals surface area contributed by atoms with Crippen LogP contribution in [0.1, 0.15) is 82.5 Å². The zero-order chi connectivity index (χ0) is 23.4. The van der Waals surface area contributed by atoms with Gasteiger partial charge in [-0.1, -0.05) is 44.2 Å². The Balaban J connectivity index is 1.34. The van der Waals surface area contributed by atoms with Crippen molar-refractivity contribution in [3.05, 3.63) is 48.0 Å². The minimum atomic E-state index is -0.192. The van der Waals surface area contributed by atoms with E-state index in [1.54, 1.807) is 0 Å². The number of ether oxygens (including phenoxy) is 2. The third-order valence-corrected chi connectivity index (χ3v) is 10.1. The Morgan fingerprint density at radius 2 is 1.64 bits per heavy atom. The van der Waals surface area contributed by atoms with Gasteiger partial charge in [0.1, 0.15) is 12.2 Å². The van der Waals surface area contributed by atoms with E-state index in [0.717, 1.165) is 44.9 Å². The van der Waals surface area contributed by atoms with Crippen molar-refractivity contribution in [1.82, 2.24) is 0 Å². The topological polar surface area (TPSA) is 52.6 Å². The second kappa shape index (κ2) is 8.29. The first-order valence-electron chi connectivity index (χ1n) is 12.8. The summed E-state index contributed by atoms with van der Waals surface area (Å²) >= 11 is 0. The summed E-state index contributed by atoms with van der Waals surface area (Å²) in [5, 5.41) is 0. The lowest BCUT2D eigenvalue weighted by Gasteiger charge is -2.61. The van der Waals surface area contributed by atoms with Crippen molar-refractivity contribution in [1.29, 1.82) is 0 Å². The molecule has 4 fully saturated rings. The Labute approximate surface area is 198 Å². The van der Waals surface area contributed by atoms with Gasteiger partial charge < -0.3 is 9.47 Å². The fourth-order valence-corrected chi connectivity index (χ4v) is 8.35. The van der Waals surface area contributed by atoms with Crippen LogP contribution in [0.4, 0.5) is 0 Å². The van der Waals surface area contributed by atoms with Crippen molar-refractivity contribution in [3.63, 3.8) is 0 Å². The van der Waals surface area contributed by atoms with Crippen LogP contribution in [0.5, 0.6) is 0 Å². The van der Waals surface area contributed by atoms with Crippen LogP contribution in [0.15, 0.2) is 42.5 Å². The average molecular weight is 451 g/mol. The first-order chi connectivity index (χ1) is 15.7. The summed E-state index contributed by atoms with van der Waals surface area (Å²) in [6, 6.07) is 9.38. The molecule has 0 saturated heterocycles. The van der Waals surface area contributed by atoms with Crippen LogP contribution in [0.25, 0.3) is 0 Å². The van der Waals surface area contributed by atoms with Gasteiger partial charge in [0.25, 0.3) is 0 Å². The van der Waals surface area contributed by atoms with Crippen LogP contribution in [-0.2, 0) is 14.3 Å². The molecule has 5 rings (SSSR count). The van der Waals surface area contributed by atoms with Gasteiger partial charge in [0.05, 0.1) is 5.56 Å². The Morgan fingerprint density at radius 1 is 0.939 bits per heavy atom. The normalized spacial score (nSPS) is 42.0. The van der Waals surface area contributed by atoms with E-state index in [9.17, 15) is 9.59 Å². The van der Waals surface area contributed by atoms with Crippen molar-refractivity contribution in [3.8, 4) is 0 Å². The third-order valence-electron chi connectivity index (χ3n) is 10.1. The highest BCUT2D eigenvalue weighted by Gasteiger charge is 2.62. The predicted octanol–water partition coefficient (Wildman–Crippen LogP) is 6.35. The van der Waals surface area contributed by atoms with Gasteiger partial charge in [-0.2, -0.15) is 0 Å². The molecule has 0 N–H and O–H groups in total. The van der Waals surface area contributed by atoms with Crippen molar-refractivity contribution in [2.24, 2.45) is 34.5 Å². The van der Waals surface area contributed by atoms with Crippen LogP contribution >= 0.6 is 0 Å². The zero-order valence-corrected chi connectivity index (χ0v) is 20.3. The van der Waals surface area contributed by atoms with Gasteiger partial charge in [0.2, 0.25) is 0 Å². The second-order valence-electron chi connectivity index (χ2n) is 11.7. The highest BCUT2D eigenvalue weighted by atomic mass is 16.5. The maximum atomic E-state index is 12.8. The molecule has 4 aliphatic rings. The van der Waals surface area contributed by atoms with Gasteiger partial charge in [-0.25, -0.2) is 4.79 Å². The molecule has 1 aromatic rings. The van der Waals surface area contributed by atoms with Crippen LogP contribution in [0.3, 0.4) is 0 Å². The highest BCUT2D eigenvalue weighted by molar-refractivity contribution is 5.89. The number of benzene rings is 1. The van der Waals surface area contributed by atoms with Crippen molar-refractivity contribution >= 4 is 11.9 Å². The molecule has 0 bridgehead atoms. The summed E-state index contributed by atoms with van der Waals surface area (Å²) in [5.41, 5.74) is 2.33. The highest BCUT2D eigenvalue weighted by Crippen LogP contribution is 2.67. The summed E-state index contributed by atoms with van der Waals surface area (Å²) in [6.07, 6.45) is 8.48. The molecule has 1 aromatic carbocycles. The summed E-state index contributed by atoms with van der Waals surface area (Å²) in [5.74, 6) is 1.86. The first-order valence-corrected chi connectivity index (χ1v) is 12.8. The number of allylic oxidation sites excluding steroid dienone is 1. The number of carbonyl (C=O) groups is 2. The first kappa shape index (κ1) is 22.7. The molecule has 4 aliphatic carbocycles. The average Bonchev–Trinajstić information content (AvgIpc) is 3.11. The van der Waals surface area contributed by atoms with E-state index < -0.39 is 0 Å². The monoisotopic (exact) mass is 450 g/mol. The summed E-state index contributed by atoms with van der Waals surface area (Å²) in [6.45, 7) is 11.0.